The van der Waals surface area contributed by atoms with Crippen molar-refractivity contribution in [1.82, 2.24) is 4.98 Å². The minimum Gasteiger partial charge on any atom is -0.368 e. The van der Waals surface area contributed by atoms with Crippen LogP contribution in [0.1, 0.15) is 12.8 Å². The number of rotatable bonds is 4. The summed E-state index contributed by atoms with van der Waals surface area (Å²) < 4.78 is 5.33. The SMILES string of the molecule is O=C(Nc1ccc(Nc2cccc(Cl)c2Cl)cn1)C1CCCO1. The second kappa shape index (κ2) is 7.17. The van der Waals surface area contributed by atoms with E-state index in [9.17, 15) is 4.79 Å². The molecule has 7 heteroatoms. The summed E-state index contributed by atoms with van der Waals surface area (Å²) in [5.74, 6) is 0.321. The molecule has 1 amide bonds. The Morgan fingerprint density at radius 2 is 2.13 bits per heavy atom. The van der Waals surface area contributed by atoms with E-state index in [2.05, 4.69) is 15.6 Å². The molecule has 23 heavy (non-hydrogen) atoms. The van der Waals surface area contributed by atoms with Crippen molar-refractivity contribution in [3.63, 3.8) is 0 Å². The van der Waals surface area contributed by atoms with E-state index in [4.69, 9.17) is 27.9 Å². The first-order valence-corrected chi connectivity index (χ1v) is 7.98. The van der Waals surface area contributed by atoms with Crippen molar-refractivity contribution in [2.75, 3.05) is 17.2 Å². The van der Waals surface area contributed by atoms with Gasteiger partial charge in [0.25, 0.3) is 5.91 Å². The molecule has 1 saturated heterocycles. The number of benzene rings is 1. The number of halogens is 2. The number of hydrogen-bond donors (Lipinski definition) is 2. The highest BCUT2D eigenvalue weighted by Crippen LogP contribution is 2.31. The third-order valence-electron chi connectivity index (χ3n) is 3.47. The summed E-state index contributed by atoms with van der Waals surface area (Å²) in [5, 5.41) is 6.80. The van der Waals surface area contributed by atoms with E-state index in [1.165, 1.54) is 0 Å². The van der Waals surface area contributed by atoms with Gasteiger partial charge >= 0.3 is 0 Å². The van der Waals surface area contributed by atoms with Crippen LogP contribution in [0.15, 0.2) is 36.5 Å². The molecule has 1 fully saturated rings. The molecular weight excluding hydrogens is 337 g/mol. The lowest BCUT2D eigenvalue weighted by Crippen LogP contribution is -2.27. The first kappa shape index (κ1) is 16.1. The van der Waals surface area contributed by atoms with E-state index in [1.807, 2.05) is 6.07 Å². The van der Waals surface area contributed by atoms with Gasteiger partial charge in [0.15, 0.2) is 0 Å². The molecule has 1 aromatic heterocycles. The Hall–Kier alpha value is -1.82. The molecule has 1 unspecified atom stereocenters. The largest absolute Gasteiger partial charge is 0.368 e. The van der Waals surface area contributed by atoms with Crippen molar-refractivity contribution in [2.24, 2.45) is 0 Å². The number of anilines is 3. The highest BCUT2D eigenvalue weighted by atomic mass is 35.5. The number of carbonyl (C=O) groups is 1. The molecule has 3 rings (SSSR count). The maximum absolute atomic E-state index is 11.9. The van der Waals surface area contributed by atoms with Crippen LogP contribution in [-0.2, 0) is 9.53 Å². The summed E-state index contributed by atoms with van der Waals surface area (Å²) in [5.41, 5.74) is 1.43. The summed E-state index contributed by atoms with van der Waals surface area (Å²) in [6.45, 7) is 0.634. The lowest BCUT2D eigenvalue weighted by atomic mass is 10.2. The van der Waals surface area contributed by atoms with E-state index in [1.54, 1.807) is 30.5 Å². The molecule has 0 radical (unpaired) electrons. The second-order valence-electron chi connectivity index (χ2n) is 5.15. The predicted molar refractivity (Wildman–Crippen MR) is 91.6 cm³/mol. The number of amides is 1. The molecule has 1 atom stereocenters. The number of ether oxygens (including phenoxy) is 1. The number of nitrogens with zero attached hydrogens (tertiary/aromatic N) is 1. The van der Waals surface area contributed by atoms with Gasteiger partial charge in [-0.3, -0.25) is 4.79 Å². The van der Waals surface area contributed by atoms with Gasteiger partial charge in [-0.1, -0.05) is 29.3 Å². The van der Waals surface area contributed by atoms with Gasteiger partial charge in [0.05, 0.1) is 27.6 Å². The topological polar surface area (TPSA) is 63.2 Å². The molecule has 2 aromatic rings. The number of hydrogen-bond acceptors (Lipinski definition) is 4. The molecule has 1 aliphatic heterocycles. The van der Waals surface area contributed by atoms with Gasteiger partial charge in [-0.15, -0.1) is 0 Å². The summed E-state index contributed by atoms with van der Waals surface area (Å²) in [6.07, 6.45) is 2.90. The lowest BCUT2D eigenvalue weighted by Gasteiger charge is -2.11. The zero-order valence-corrected chi connectivity index (χ0v) is 13.7. The molecule has 5 nitrogen and oxygen atoms in total. The number of aromatic nitrogens is 1. The fourth-order valence-electron chi connectivity index (χ4n) is 2.29. The summed E-state index contributed by atoms with van der Waals surface area (Å²) >= 11 is 12.1. The molecule has 0 aliphatic carbocycles. The Kier molecular flexibility index (Phi) is 5.00. The Morgan fingerprint density at radius 1 is 1.26 bits per heavy atom. The Morgan fingerprint density at radius 3 is 2.83 bits per heavy atom. The smallest absolute Gasteiger partial charge is 0.254 e. The third kappa shape index (κ3) is 3.93. The summed E-state index contributed by atoms with van der Waals surface area (Å²) in [6, 6.07) is 8.86. The molecule has 1 aromatic carbocycles. The minimum atomic E-state index is -0.375. The van der Waals surface area contributed by atoms with Crippen LogP contribution in [-0.4, -0.2) is 23.6 Å². The average molecular weight is 352 g/mol. The van der Waals surface area contributed by atoms with Crippen LogP contribution >= 0.6 is 23.2 Å². The first-order valence-electron chi connectivity index (χ1n) is 7.23. The highest BCUT2D eigenvalue weighted by Gasteiger charge is 2.23. The third-order valence-corrected chi connectivity index (χ3v) is 4.29. The van der Waals surface area contributed by atoms with Gasteiger partial charge < -0.3 is 15.4 Å². The van der Waals surface area contributed by atoms with Gasteiger partial charge in [0.2, 0.25) is 0 Å². The van der Waals surface area contributed by atoms with E-state index in [0.717, 1.165) is 18.5 Å². The minimum absolute atomic E-state index is 0.159. The van der Waals surface area contributed by atoms with Crippen LogP contribution in [0, 0.1) is 0 Å². The van der Waals surface area contributed by atoms with Gasteiger partial charge in [0, 0.05) is 6.61 Å². The highest BCUT2D eigenvalue weighted by molar-refractivity contribution is 6.43. The normalized spacial score (nSPS) is 17.0. The predicted octanol–water partition coefficient (Wildman–Crippen LogP) is 4.25. The maximum Gasteiger partial charge on any atom is 0.254 e. The van der Waals surface area contributed by atoms with E-state index in [-0.39, 0.29) is 12.0 Å². The van der Waals surface area contributed by atoms with Crippen LogP contribution in [0.2, 0.25) is 10.0 Å². The van der Waals surface area contributed by atoms with Crippen LogP contribution in [0.5, 0.6) is 0 Å². The molecule has 2 N–H and O–H groups in total. The Balaban J connectivity index is 1.65. The summed E-state index contributed by atoms with van der Waals surface area (Å²) in [7, 11) is 0. The first-order chi connectivity index (χ1) is 11.1. The molecule has 0 saturated carbocycles. The lowest BCUT2D eigenvalue weighted by molar-refractivity contribution is -0.124. The second-order valence-corrected chi connectivity index (χ2v) is 5.93. The Labute approximate surface area is 144 Å². The fourth-order valence-corrected chi connectivity index (χ4v) is 2.64. The number of nitrogens with one attached hydrogen (secondary N) is 2. The van der Waals surface area contributed by atoms with Gasteiger partial charge in [-0.05, 0) is 37.1 Å². The Bertz CT molecular complexity index is 701. The van der Waals surface area contributed by atoms with Gasteiger partial charge in [-0.25, -0.2) is 4.98 Å². The van der Waals surface area contributed by atoms with Crippen LogP contribution < -0.4 is 10.6 Å². The van der Waals surface area contributed by atoms with Crippen LogP contribution in [0.4, 0.5) is 17.2 Å². The quantitative estimate of drug-likeness (QED) is 0.864. The monoisotopic (exact) mass is 351 g/mol. The number of pyridine rings is 1. The van der Waals surface area contributed by atoms with E-state index in [0.29, 0.717) is 28.2 Å². The van der Waals surface area contributed by atoms with Crippen molar-refractivity contribution in [3.8, 4) is 0 Å². The molecule has 1 aliphatic rings. The van der Waals surface area contributed by atoms with Crippen LogP contribution in [0.3, 0.4) is 0 Å². The molecule has 0 spiro atoms. The fraction of sp³-hybridized carbons (Fsp3) is 0.250. The van der Waals surface area contributed by atoms with Crippen LogP contribution in [0.25, 0.3) is 0 Å². The maximum atomic E-state index is 11.9. The van der Waals surface area contributed by atoms with E-state index < -0.39 is 0 Å². The molecule has 0 bridgehead atoms. The van der Waals surface area contributed by atoms with Crippen molar-refractivity contribution in [2.45, 2.75) is 18.9 Å². The van der Waals surface area contributed by atoms with Crippen molar-refractivity contribution < 1.29 is 9.53 Å². The van der Waals surface area contributed by atoms with Gasteiger partial charge in [-0.2, -0.15) is 0 Å². The van der Waals surface area contributed by atoms with E-state index >= 15 is 0 Å². The standard InChI is InChI=1S/C16H15Cl2N3O2/c17-11-3-1-4-12(15(11)18)20-10-6-7-14(19-9-10)21-16(22)13-5-2-8-23-13/h1,3-4,6-7,9,13,20H,2,5,8H2,(H,19,21,22). The van der Waals surface area contributed by atoms with Crippen molar-refractivity contribution in [3.05, 3.63) is 46.6 Å². The average Bonchev–Trinajstić information content (AvgIpc) is 3.08. The zero-order chi connectivity index (χ0) is 16.2. The van der Waals surface area contributed by atoms with Crippen molar-refractivity contribution >= 4 is 46.3 Å². The summed E-state index contributed by atoms with van der Waals surface area (Å²) in [4.78, 5) is 16.2. The van der Waals surface area contributed by atoms with Gasteiger partial charge in [0.1, 0.15) is 11.9 Å². The molecule has 2 heterocycles. The zero-order valence-electron chi connectivity index (χ0n) is 12.2. The van der Waals surface area contributed by atoms with Crippen molar-refractivity contribution in [1.29, 1.82) is 0 Å². The molecule has 120 valence electrons. The molecular formula is C16H15Cl2N3O2. The number of carbonyl (C=O) groups excluding carboxylic acids is 1.